The second-order valence-corrected chi connectivity index (χ2v) is 5.63. The number of nitrogens with zero attached hydrogens (tertiary/aromatic N) is 3. The van der Waals surface area contributed by atoms with Gasteiger partial charge in [0.1, 0.15) is 10.5 Å². The first-order chi connectivity index (χ1) is 11.2. The number of oxazole rings is 1. The molecule has 2 heterocycles. The first kappa shape index (κ1) is 15.1. The summed E-state index contributed by atoms with van der Waals surface area (Å²) in [5, 5.41) is 11.5. The van der Waals surface area contributed by atoms with Crippen molar-refractivity contribution in [2.75, 3.05) is 12.4 Å². The normalized spacial score (nSPS) is 10.7. The molecule has 3 aromatic rings. The fraction of sp³-hybridized carbons (Fsp3) is 0.214. The van der Waals surface area contributed by atoms with Crippen LogP contribution in [0.1, 0.15) is 21.8 Å². The van der Waals surface area contributed by atoms with E-state index in [1.807, 2.05) is 0 Å². The van der Waals surface area contributed by atoms with Crippen LogP contribution in [0.25, 0.3) is 11.1 Å². The van der Waals surface area contributed by atoms with Crippen molar-refractivity contribution in [3.05, 3.63) is 35.2 Å². The zero-order valence-electron chi connectivity index (χ0n) is 12.1. The summed E-state index contributed by atoms with van der Waals surface area (Å²) in [5.41, 5.74) is 1.65. The molecule has 0 saturated carbocycles. The molecule has 0 fully saturated rings. The fourth-order valence-corrected chi connectivity index (χ4v) is 2.62. The quantitative estimate of drug-likeness (QED) is 0.712. The van der Waals surface area contributed by atoms with Crippen LogP contribution in [-0.4, -0.2) is 34.2 Å². The third kappa shape index (κ3) is 3.51. The summed E-state index contributed by atoms with van der Waals surface area (Å²) < 4.78 is 9.73. The van der Waals surface area contributed by atoms with Crippen LogP contribution in [0.4, 0.5) is 5.13 Å². The number of aryl methyl sites for hydroxylation is 1. The molecule has 0 bridgehead atoms. The lowest BCUT2D eigenvalue weighted by atomic mass is 10.2. The van der Waals surface area contributed by atoms with Crippen LogP contribution in [-0.2, 0) is 16.0 Å². The van der Waals surface area contributed by atoms with Crippen molar-refractivity contribution >= 4 is 39.4 Å². The maximum Gasteiger partial charge on any atom is 0.305 e. The van der Waals surface area contributed by atoms with Crippen LogP contribution in [0, 0.1) is 0 Å². The van der Waals surface area contributed by atoms with Crippen LogP contribution in [0.5, 0.6) is 0 Å². The number of esters is 1. The van der Waals surface area contributed by atoms with E-state index < -0.39 is 0 Å². The molecule has 0 radical (unpaired) electrons. The Morgan fingerprint density at radius 3 is 3.04 bits per heavy atom. The summed E-state index contributed by atoms with van der Waals surface area (Å²) in [6.45, 7) is 0. The Balaban J connectivity index is 1.65. The van der Waals surface area contributed by atoms with Crippen LogP contribution in [0.3, 0.4) is 0 Å². The minimum absolute atomic E-state index is 0.223. The molecule has 0 aliphatic carbocycles. The summed E-state index contributed by atoms with van der Waals surface area (Å²) in [5.74, 6) is -0.634. The van der Waals surface area contributed by atoms with Gasteiger partial charge in [-0.25, -0.2) is 4.98 Å². The molecule has 9 heteroatoms. The number of nitrogens with one attached hydrogen (secondary N) is 1. The number of amides is 1. The second-order valence-electron chi connectivity index (χ2n) is 4.57. The topological polar surface area (TPSA) is 107 Å². The Morgan fingerprint density at radius 1 is 1.35 bits per heavy atom. The summed E-state index contributed by atoms with van der Waals surface area (Å²) in [6.07, 6.45) is 1.97. The molecule has 1 amide bonds. The van der Waals surface area contributed by atoms with E-state index in [-0.39, 0.29) is 18.3 Å². The van der Waals surface area contributed by atoms with Crippen molar-refractivity contribution in [3.63, 3.8) is 0 Å². The van der Waals surface area contributed by atoms with Crippen molar-refractivity contribution < 1.29 is 18.7 Å². The summed E-state index contributed by atoms with van der Waals surface area (Å²) in [4.78, 5) is 27.3. The molecule has 0 aliphatic heterocycles. The van der Waals surface area contributed by atoms with Crippen LogP contribution in [0.15, 0.2) is 29.0 Å². The van der Waals surface area contributed by atoms with Gasteiger partial charge in [-0.15, -0.1) is 10.2 Å². The van der Waals surface area contributed by atoms with Crippen LogP contribution >= 0.6 is 11.3 Å². The summed E-state index contributed by atoms with van der Waals surface area (Å²) >= 11 is 1.22. The van der Waals surface area contributed by atoms with E-state index in [0.29, 0.717) is 33.2 Å². The average Bonchev–Trinajstić information content (AvgIpc) is 3.20. The lowest BCUT2D eigenvalue weighted by Crippen LogP contribution is -2.11. The zero-order valence-corrected chi connectivity index (χ0v) is 12.9. The predicted octanol–water partition coefficient (Wildman–Crippen LogP) is 2.04. The number of fused-ring (bicyclic) bond motifs is 1. The molecule has 8 nitrogen and oxygen atoms in total. The minimum atomic E-state index is -0.320. The van der Waals surface area contributed by atoms with Crippen molar-refractivity contribution in [1.29, 1.82) is 0 Å². The SMILES string of the molecule is COC(=O)CCc1nnc(NC(=O)c2ccc3ncoc3c2)s1. The number of anilines is 1. The fourth-order valence-electron chi connectivity index (χ4n) is 1.88. The van der Waals surface area contributed by atoms with Gasteiger partial charge in [-0.3, -0.25) is 14.9 Å². The Hall–Kier alpha value is -2.81. The van der Waals surface area contributed by atoms with E-state index in [0.717, 1.165) is 0 Å². The van der Waals surface area contributed by atoms with E-state index >= 15 is 0 Å². The van der Waals surface area contributed by atoms with Gasteiger partial charge < -0.3 is 9.15 Å². The number of hydrogen-bond acceptors (Lipinski definition) is 8. The molecule has 23 heavy (non-hydrogen) atoms. The second kappa shape index (κ2) is 6.53. The molecule has 0 spiro atoms. The van der Waals surface area contributed by atoms with Gasteiger partial charge in [-0.2, -0.15) is 0 Å². The number of ether oxygens (including phenoxy) is 1. The Kier molecular flexibility index (Phi) is 4.29. The molecule has 0 aliphatic rings. The Bertz CT molecular complexity index is 857. The third-order valence-corrected chi connectivity index (χ3v) is 3.95. The highest BCUT2D eigenvalue weighted by molar-refractivity contribution is 7.15. The molecule has 1 N–H and O–H groups in total. The molecule has 2 aromatic heterocycles. The van der Waals surface area contributed by atoms with Gasteiger partial charge in [0.25, 0.3) is 5.91 Å². The maximum atomic E-state index is 12.2. The number of rotatable bonds is 5. The maximum absolute atomic E-state index is 12.2. The van der Waals surface area contributed by atoms with Crippen molar-refractivity contribution in [2.45, 2.75) is 12.8 Å². The molecule has 118 valence electrons. The highest BCUT2D eigenvalue weighted by atomic mass is 32.1. The smallest absolute Gasteiger partial charge is 0.305 e. The summed E-state index contributed by atoms with van der Waals surface area (Å²) in [7, 11) is 1.33. The van der Waals surface area contributed by atoms with Gasteiger partial charge in [0.05, 0.1) is 13.5 Å². The highest BCUT2D eigenvalue weighted by Crippen LogP contribution is 2.19. The van der Waals surface area contributed by atoms with Gasteiger partial charge in [0.15, 0.2) is 12.0 Å². The Morgan fingerprint density at radius 2 is 2.22 bits per heavy atom. The first-order valence-electron chi connectivity index (χ1n) is 6.69. The number of methoxy groups -OCH3 is 1. The summed E-state index contributed by atoms with van der Waals surface area (Å²) in [6, 6.07) is 4.96. The molecule has 0 atom stereocenters. The van der Waals surface area contributed by atoms with Crippen molar-refractivity contribution in [2.24, 2.45) is 0 Å². The van der Waals surface area contributed by atoms with Crippen molar-refractivity contribution in [1.82, 2.24) is 15.2 Å². The predicted molar refractivity (Wildman–Crippen MR) is 82.2 cm³/mol. The molecule has 1 aromatic carbocycles. The zero-order chi connectivity index (χ0) is 16.2. The largest absolute Gasteiger partial charge is 0.469 e. The standard InChI is InChI=1S/C14H12N4O4S/c1-21-12(19)5-4-11-17-18-14(23-11)16-13(20)8-2-3-9-10(6-8)22-7-15-9/h2-3,6-7H,4-5H2,1H3,(H,16,18,20). The molecule has 0 unspecified atom stereocenters. The van der Waals surface area contributed by atoms with E-state index in [1.165, 1.54) is 24.8 Å². The average molecular weight is 332 g/mol. The number of benzene rings is 1. The van der Waals surface area contributed by atoms with E-state index in [4.69, 9.17) is 4.42 Å². The Labute approximate surface area is 134 Å². The van der Waals surface area contributed by atoms with Gasteiger partial charge in [-0.1, -0.05) is 11.3 Å². The van der Waals surface area contributed by atoms with Crippen LogP contribution in [0.2, 0.25) is 0 Å². The number of hydrogen-bond donors (Lipinski definition) is 1. The first-order valence-corrected chi connectivity index (χ1v) is 7.51. The minimum Gasteiger partial charge on any atom is -0.469 e. The third-order valence-electron chi connectivity index (χ3n) is 3.05. The van der Waals surface area contributed by atoms with Gasteiger partial charge in [-0.05, 0) is 18.2 Å². The monoisotopic (exact) mass is 332 g/mol. The number of aromatic nitrogens is 3. The van der Waals surface area contributed by atoms with Crippen molar-refractivity contribution in [3.8, 4) is 0 Å². The van der Waals surface area contributed by atoms with E-state index in [2.05, 4.69) is 25.2 Å². The molecule has 3 rings (SSSR count). The van der Waals surface area contributed by atoms with Gasteiger partial charge >= 0.3 is 5.97 Å². The number of carbonyl (C=O) groups excluding carboxylic acids is 2. The molecule has 0 saturated heterocycles. The highest BCUT2D eigenvalue weighted by Gasteiger charge is 2.12. The number of carbonyl (C=O) groups is 2. The molecular formula is C14H12N4O4S. The molecular weight excluding hydrogens is 320 g/mol. The van der Waals surface area contributed by atoms with Gasteiger partial charge in [0.2, 0.25) is 5.13 Å². The van der Waals surface area contributed by atoms with E-state index in [9.17, 15) is 9.59 Å². The lowest BCUT2D eigenvalue weighted by Gasteiger charge is -2.00. The van der Waals surface area contributed by atoms with Crippen LogP contribution < -0.4 is 5.32 Å². The van der Waals surface area contributed by atoms with E-state index in [1.54, 1.807) is 18.2 Å². The van der Waals surface area contributed by atoms with Gasteiger partial charge in [0, 0.05) is 12.0 Å². The lowest BCUT2D eigenvalue weighted by molar-refractivity contribution is -0.140.